The predicted molar refractivity (Wildman–Crippen MR) is 420 cm³/mol. The highest BCUT2D eigenvalue weighted by Gasteiger charge is 2.53. The summed E-state index contributed by atoms with van der Waals surface area (Å²) in [7, 11) is -6.45. The molecule has 0 N–H and O–H groups in total. The highest BCUT2D eigenvalue weighted by Crippen LogP contribution is 2.49. The average molecular weight is 1410 g/mol. The second-order valence-corrected chi connectivity index (χ2v) is 32.4. The van der Waals surface area contributed by atoms with Crippen LogP contribution in [-0.4, -0.2) is 18.3 Å². The summed E-state index contributed by atoms with van der Waals surface area (Å²) in [6, 6.07) is 100. The van der Waals surface area contributed by atoms with Crippen LogP contribution in [0.25, 0.3) is 120 Å². The Morgan fingerprint density at radius 3 is 1.11 bits per heavy atom. The lowest BCUT2D eigenvalue weighted by Gasteiger charge is -2.32. The molecule has 0 aliphatic carbocycles. The lowest BCUT2D eigenvalue weighted by atomic mass is 9.77. The molecule has 0 amide bonds. The molecule has 18 aromatic rings. The molecule has 5 heterocycles. The zero-order valence-electron chi connectivity index (χ0n) is 54.4. The Balaban J connectivity index is 0.000000128. The van der Waals surface area contributed by atoms with Gasteiger partial charge in [0.15, 0.2) is 14.3 Å². The standard InChI is InChI=1S/C40H25O3P.C28H23BO4.C18H14BrOP.CH4.FH/c41-44(28-12-3-1-4-13-28,29-14-5-2-6-15-29)30-22-19-27(20-23-30)33-25-36-39(38-32-17-9-10-18-34(32)43-40(33)38)37-31-16-8-7-11-26(31)21-24-35(37)42-36;1-27(2)28(3,4)33-29(32-27)19-15-22-25(24-18-11-7-8-12-20(18)31-26(19)24)23-17-10-6-5-9-16(17)13-14-21(23)30-22;19-15-11-13-18(14-12-15)21(20,16-7-3-1-4-8-16)17-9-5-2-6-10-17;;/h1-25H;5-15H,1-4H3;1-14H;1H4;1H. The maximum Gasteiger partial charge on any atom is 0.498 e. The second-order valence-electron chi connectivity index (χ2n) is 25.9. The van der Waals surface area contributed by atoms with E-state index in [0.29, 0.717) is 0 Å². The Morgan fingerprint density at radius 2 is 0.670 bits per heavy atom. The van der Waals surface area contributed by atoms with Crippen LogP contribution in [-0.2, 0) is 18.4 Å². The van der Waals surface area contributed by atoms with Crippen molar-refractivity contribution in [2.45, 2.75) is 46.3 Å². The Bertz CT molecular complexity index is 6110. The van der Waals surface area contributed by atoms with Crippen molar-refractivity contribution in [2.24, 2.45) is 0 Å². The van der Waals surface area contributed by atoms with Gasteiger partial charge in [-0.1, -0.05) is 266 Å². The first-order valence-corrected chi connectivity index (χ1v) is 37.0. The summed E-state index contributed by atoms with van der Waals surface area (Å²) in [6.07, 6.45) is 0. The molecule has 0 atom stereocenters. The monoisotopic (exact) mass is 1410 g/mol. The van der Waals surface area contributed by atoms with Crippen LogP contribution in [0.4, 0.5) is 4.70 Å². The third-order valence-electron chi connectivity index (χ3n) is 19.7. The van der Waals surface area contributed by atoms with Crippen molar-refractivity contribution in [1.29, 1.82) is 0 Å². The summed E-state index contributed by atoms with van der Waals surface area (Å²) in [5.74, 6) is 0. The summed E-state index contributed by atoms with van der Waals surface area (Å²) >= 11 is 3.43. The molecular weight excluding hydrogens is 1340 g/mol. The van der Waals surface area contributed by atoms with E-state index in [1.807, 2.05) is 194 Å². The molecule has 0 unspecified atom stereocenters. The maximum atomic E-state index is 14.9. The Kier molecular flexibility index (Phi) is 16.9. The van der Waals surface area contributed by atoms with Crippen molar-refractivity contribution in [2.75, 3.05) is 0 Å². The van der Waals surface area contributed by atoms with Gasteiger partial charge in [-0.2, -0.15) is 0 Å². The van der Waals surface area contributed by atoms with E-state index in [-0.39, 0.29) is 12.1 Å². The summed E-state index contributed by atoms with van der Waals surface area (Å²) in [5, 5.41) is 18.2. The highest BCUT2D eigenvalue weighted by molar-refractivity contribution is 9.10. The third kappa shape index (κ3) is 10.8. The van der Waals surface area contributed by atoms with Crippen molar-refractivity contribution in [3.05, 3.63) is 308 Å². The van der Waals surface area contributed by atoms with Crippen molar-refractivity contribution >= 4 is 184 Å². The molecule has 14 aromatic carbocycles. The van der Waals surface area contributed by atoms with Crippen LogP contribution in [0.3, 0.4) is 0 Å². The maximum absolute atomic E-state index is 14.9. The number of benzene rings is 14. The number of furan rings is 4. The van der Waals surface area contributed by atoms with E-state index in [9.17, 15) is 9.13 Å². The Hall–Kier alpha value is -10.3. The molecule has 1 fully saturated rings. The number of hydrogen-bond acceptors (Lipinski definition) is 8. The first-order chi connectivity index (χ1) is 47.7. The third-order valence-corrected chi connectivity index (χ3v) is 26.4. The molecule has 0 saturated carbocycles. The second kappa shape index (κ2) is 25.7. The van der Waals surface area contributed by atoms with Crippen LogP contribution in [0.5, 0.6) is 0 Å². The molecule has 1 saturated heterocycles. The smallest absolute Gasteiger partial charge is 0.456 e. The summed E-state index contributed by atoms with van der Waals surface area (Å²) in [6.45, 7) is 8.26. The van der Waals surface area contributed by atoms with Crippen LogP contribution < -0.4 is 37.3 Å². The minimum absolute atomic E-state index is 0. The topological polar surface area (TPSA) is 105 Å². The van der Waals surface area contributed by atoms with Gasteiger partial charge >= 0.3 is 7.12 Å². The molecular formula is C87H67BBrFO8P2. The SMILES string of the molecule is C.CC1(C)OB(c2cc3oc4ccc5ccccc5c4c3c3c2oc2ccccc23)OC1(C)C.F.O=P(c1ccccc1)(c1ccccc1)c1ccc(-c2cc3oc4ccc5ccccc5c4c3c3c2oc2ccccc23)cc1.O=P(c1ccccc1)(c1ccccc1)c1ccc(Br)cc1. The molecule has 13 heteroatoms. The van der Waals surface area contributed by atoms with Crippen molar-refractivity contribution in [3.8, 4) is 11.1 Å². The Labute approximate surface area is 586 Å². The van der Waals surface area contributed by atoms with Gasteiger partial charge in [0.05, 0.1) is 11.2 Å². The van der Waals surface area contributed by atoms with Gasteiger partial charge in [-0.15, -0.1) is 0 Å². The van der Waals surface area contributed by atoms with Crippen molar-refractivity contribution < 1.29 is 40.8 Å². The fraction of sp³-hybridized carbons (Fsp3) is 0.0805. The first-order valence-electron chi connectivity index (χ1n) is 32.8. The molecule has 1 aliphatic heterocycles. The fourth-order valence-electron chi connectivity index (χ4n) is 14.2. The van der Waals surface area contributed by atoms with Gasteiger partial charge in [-0.3, -0.25) is 4.70 Å². The molecule has 0 spiro atoms. The lowest BCUT2D eigenvalue weighted by molar-refractivity contribution is 0.00578. The lowest BCUT2D eigenvalue weighted by Crippen LogP contribution is -2.41. The van der Waals surface area contributed by atoms with Crippen molar-refractivity contribution in [1.82, 2.24) is 0 Å². The van der Waals surface area contributed by atoms with Crippen molar-refractivity contribution in [3.63, 3.8) is 0 Å². The van der Waals surface area contributed by atoms with Crippen LogP contribution in [0.15, 0.2) is 325 Å². The summed E-state index contributed by atoms with van der Waals surface area (Å²) in [5.41, 5.74) is 8.48. The molecule has 4 aromatic heterocycles. The molecule has 19 rings (SSSR count). The average Bonchev–Trinajstić information content (AvgIpc) is 1.52. The molecule has 0 bridgehead atoms. The number of hydrogen-bond donors (Lipinski definition) is 0. The van der Waals surface area contributed by atoms with E-state index < -0.39 is 32.6 Å². The number of halogens is 2. The fourth-order valence-corrected chi connectivity index (χ4v) is 19.7. The largest absolute Gasteiger partial charge is 0.498 e. The zero-order chi connectivity index (χ0) is 66.5. The van der Waals surface area contributed by atoms with Gasteiger partial charge in [-0.25, -0.2) is 0 Å². The normalized spacial score (nSPS) is 13.6. The molecule has 8 nitrogen and oxygen atoms in total. The van der Waals surface area contributed by atoms with Gasteiger partial charge in [0.2, 0.25) is 0 Å². The van der Waals surface area contributed by atoms with E-state index in [0.717, 1.165) is 146 Å². The van der Waals surface area contributed by atoms with Gasteiger partial charge in [0.1, 0.15) is 44.7 Å². The number of para-hydroxylation sites is 2. The quantitative estimate of drug-likeness (QED) is 0.109. The van der Waals surface area contributed by atoms with E-state index in [1.165, 1.54) is 16.2 Å². The van der Waals surface area contributed by atoms with E-state index in [2.05, 4.69) is 153 Å². The minimum atomic E-state index is -3.08. The van der Waals surface area contributed by atoms with Gasteiger partial charge in [0.25, 0.3) is 0 Å². The summed E-state index contributed by atoms with van der Waals surface area (Å²) < 4.78 is 68.8. The Morgan fingerprint density at radius 1 is 0.320 bits per heavy atom. The van der Waals surface area contributed by atoms with E-state index in [1.54, 1.807) is 0 Å². The van der Waals surface area contributed by atoms with Gasteiger partial charge in [-0.05, 0) is 115 Å². The van der Waals surface area contributed by atoms with Crippen LogP contribution in [0.2, 0.25) is 0 Å². The number of fused-ring (bicyclic) bond motifs is 18. The van der Waals surface area contributed by atoms with E-state index >= 15 is 0 Å². The molecule has 490 valence electrons. The van der Waals surface area contributed by atoms with Gasteiger partial charge in [0, 0.05) is 90.4 Å². The zero-order valence-corrected chi connectivity index (χ0v) is 57.8. The number of rotatable bonds is 8. The molecule has 100 heavy (non-hydrogen) atoms. The predicted octanol–water partition coefficient (Wildman–Crippen LogP) is 21.8. The van der Waals surface area contributed by atoms with Crippen LogP contribution >= 0.6 is 30.2 Å². The minimum Gasteiger partial charge on any atom is -0.456 e. The van der Waals surface area contributed by atoms with Gasteiger partial charge < -0.3 is 36.1 Å². The molecule has 1 aliphatic rings. The first kappa shape index (κ1) is 65.6. The van der Waals surface area contributed by atoms with E-state index in [4.69, 9.17) is 27.0 Å². The van der Waals surface area contributed by atoms with Crippen LogP contribution in [0.1, 0.15) is 35.1 Å². The molecule has 0 radical (unpaired) electrons. The van der Waals surface area contributed by atoms with Crippen LogP contribution in [0, 0.1) is 0 Å². The summed E-state index contributed by atoms with van der Waals surface area (Å²) in [4.78, 5) is 0. The highest BCUT2D eigenvalue weighted by atomic mass is 79.9.